The Morgan fingerprint density at radius 2 is 2.00 bits per heavy atom. The number of carbonyl (C=O) groups excluding carboxylic acids is 1. The van der Waals surface area contributed by atoms with Gasteiger partial charge in [-0.3, -0.25) is 4.79 Å². The van der Waals surface area contributed by atoms with E-state index in [0.717, 1.165) is 12.1 Å². The lowest BCUT2D eigenvalue weighted by Gasteiger charge is -2.44. The lowest BCUT2D eigenvalue weighted by Crippen LogP contribution is -2.45. The maximum atomic E-state index is 15.4. The zero-order valence-electron chi connectivity index (χ0n) is 16.2. The van der Waals surface area contributed by atoms with Crippen molar-refractivity contribution in [2.75, 3.05) is 11.9 Å². The highest BCUT2D eigenvalue weighted by atomic mass is 19.4. The predicted molar refractivity (Wildman–Crippen MR) is 101 cm³/mol. The molecule has 0 spiro atoms. The van der Waals surface area contributed by atoms with Gasteiger partial charge in [-0.2, -0.15) is 13.2 Å². The van der Waals surface area contributed by atoms with Gasteiger partial charge >= 0.3 is 6.18 Å². The highest BCUT2D eigenvalue weighted by Gasteiger charge is 2.50. The van der Waals surface area contributed by atoms with E-state index < -0.39 is 35.2 Å². The maximum Gasteiger partial charge on any atom is 0.433 e. The van der Waals surface area contributed by atoms with Crippen LogP contribution in [0.25, 0.3) is 0 Å². The average molecular weight is 435 g/mol. The summed E-state index contributed by atoms with van der Waals surface area (Å²) in [5.41, 5.74) is -2.13. The lowest BCUT2D eigenvalue weighted by atomic mass is 9.81. The summed E-state index contributed by atoms with van der Waals surface area (Å²) in [5.74, 6) is -0.723. The van der Waals surface area contributed by atoms with Crippen molar-refractivity contribution in [3.8, 4) is 0 Å². The Morgan fingerprint density at radius 1 is 1.26 bits per heavy atom. The van der Waals surface area contributed by atoms with Crippen LogP contribution in [0.2, 0.25) is 0 Å². The van der Waals surface area contributed by atoms with Gasteiger partial charge in [0.25, 0.3) is 5.91 Å². The summed E-state index contributed by atoms with van der Waals surface area (Å²) in [4.78, 5) is 15.8. The van der Waals surface area contributed by atoms with Crippen molar-refractivity contribution in [2.24, 2.45) is 7.05 Å². The number of amides is 1. The third kappa shape index (κ3) is 3.88. The summed E-state index contributed by atoms with van der Waals surface area (Å²) in [6, 6.07) is 9.37. The Kier molecular flexibility index (Phi) is 5.21. The summed E-state index contributed by atoms with van der Waals surface area (Å²) in [6.07, 6.45) is -4.51. The van der Waals surface area contributed by atoms with Crippen LogP contribution >= 0.6 is 0 Å². The van der Waals surface area contributed by atoms with Crippen LogP contribution in [0.1, 0.15) is 40.2 Å². The first-order valence-corrected chi connectivity index (χ1v) is 9.29. The van der Waals surface area contributed by atoms with Crippen LogP contribution in [0.5, 0.6) is 0 Å². The molecule has 1 fully saturated rings. The summed E-state index contributed by atoms with van der Waals surface area (Å²) >= 11 is 0. The number of carbonyl (C=O) groups is 1. The molecule has 162 valence electrons. The van der Waals surface area contributed by atoms with Gasteiger partial charge in [0, 0.05) is 19.2 Å². The zero-order chi connectivity index (χ0) is 22.2. The van der Waals surface area contributed by atoms with Gasteiger partial charge in [0.1, 0.15) is 23.3 Å². The van der Waals surface area contributed by atoms with Crippen molar-refractivity contribution >= 4 is 11.6 Å². The van der Waals surface area contributed by atoms with Crippen LogP contribution in [0.15, 0.2) is 48.8 Å². The molecule has 4 rings (SSSR count). The third-order valence-corrected chi connectivity index (χ3v) is 5.10. The molecule has 1 saturated heterocycles. The van der Waals surface area contributed by atoms with Crippen LogP contribution in [0, 0.1) is 0 Å². The molecule has 0 saturated carbocycles. The molecule has 11 heteroatoms. The number of alkyl halides is 4. The molecule has 0 bridgehead atoms. The number of nitrogens with one attached hydrogen (secondary N) is 1. The quantitative estimate of drug-likeness (QED) is 0.617. The fraction of sp³-hybridized carbons (Fsp3) is 0.300. The van der Waals surface area contributed by atoms with Crippen molar-refractivity contribution in [3.05, 3.63) is 71.6 Å². The first-order chi connectivity index (χ1) is 14.7. The number of pyridine rings is 1. The highest BCUT2D eigenvalue weighted by molar-refractivity contribution is 6.02. The number of nitrogens with zero attached hydrogens (tertiary/aromatic N) is 4. The number of hydrogen-bond acceptors (Lipinski definition) is 5. The molecule has 31 heavy (non-hydrogen) atoms. The number of halogens is 4. The number of ether oxygens (including phenoxy) is 1. The van der Waals surface area contributed by atoms with E-state index >= 15 is 4.39 Å². The van der Waals surface area contributed by atoms with Gasteiger partial charge < -0.3 is 14.6 Å². The number of aromatic nitrogens is 4. The van der Waals surface area contributed by atoms with E-state index in [0.29, 0.717) is 18.6 Å². The Morgan fingerprint density at radius 3 is 2.61 bits per heavy atom. The van der Waals surface area contributed by atoms with E-state index in [2.05, 4.69) is 20.5 Å². The topological polar surface area (TPSA) is 81.9 Å². The van der Waals surface area contributed by atoms with Crippen molar-refractivity contribution in [2.45, 2.75) is 24.4 Å². The second-order valence-electron chi connectivity index (χ2n) is 7.09. The maximum absolute atomic E-state index is 15.4. The van der Waals surface area contributed by atoms with E-state index in [1.54, 1.807) is 19.2 Å². The summed E-state index contributed by atoms with van der Waals surface area (Å²) in [6.45, 7) is 0.350. The minimum Gasteiger partial charge on any atom is -0.367 e. The Labute approximate surface area is 174 Å². The Hall–Kier alpha value is -3.34. The van der Waals surface area contributed by atoms with Gasteiger partial charge in [-0.05, 0) is 29.8 Å². The molecule has 1 aromatic carbocycles. The molecule has 3 aromatic rings. The largest absolute Gasteiger partial charge is 0.433 e. The summed E-state index contributed by atoms with van der Waals surface area (Å²) in [5, 5.41) is 10.0. The molecule has 0 radical (unpaired) electrons. The molecule has 0 aliphatic carbocycles. The third-order valence-electron chi connectivity index (χ3n) is 5.10. The van der Waals surface area contributed by atoms with E-state index in [1.165, 1.54) is 29.1 Å². The van der Waals surface area contributed by atoms with Gasteiger partial charge in [-0.1, -0.05) is 18.2 Å². The first-order valence-electron chi connectivity index (χ1n) is 9.29. The predicted octanol–water partition coefficient (Wildman–Crippen LogP) is 3.81. The van der Waals surface area contributed by atoms with E-state index in [9.17, 15) is 18.0 Å². The SMILES string of the molecule is Cn1cnnc1[C@H](F)[C@@]1(c2cccc(NC(=O)c3cccc(C(F)(F)F)n3)c2)CCO1. The van der Waals surface area contributed by atoms with Crippen molar-refractivity contribution < 1.29 is 27.1 Å². The summed E-state index contributed by atoms with van der Waals surface area (Å²) in [7, 11) is 1.62. The Bertz CT molecular complexity index is 1110. The van der Waals surface area contributed by atoms with Gasteiger partial charge in [0.2, 0.25) is 0 Å². The van der Waals surface area contributed by atoms with Crippen molar-refractivity contribution in [1.82, 2.24) is 19.7 Å². The fourth-order valence-electron chi connectivity index (χ4n) is 3.40. The van der Waals surface area contributed by atoms with Gasteiger partial charge in [-0.25, -0.2) is 9.37 Å². The van der Waals surface area contributed by atoms with Crippen molar-refractivity contribution in [3.63, 3.8) is 0 Å². The molecule has 1 aliphatic rings. The second kappa shape index (κ2) is 7.73. The molecule has 2 atom stereocenters. The molecule has 7 nitrogen and oxygen atoms in total. The average Bonchev–Trinajstić information content (AvgIpc) is 3.13. The number of aryl methyl sites for hydroxylation is 1. The van der Waals surface area contributed by atoms with Crippen molar-refractivity contribution in [1.29, 1.82) is 0 Å². The molecule has 2 aromatic heterocycles. The zero-order valence-corrected chi connectivity index (χ0v) is 16.2. The van der Waals surface area contributed by atoms with Crippen LogP contribution < -0.4 is 5.32 Å². The van der Waals surface area contributed by atoms with E-state index in [4.69, 9.17) is 4.74 Å². The lowest BCUT2D eigenvalue weighted by molar-refractivity contribution is -0.198. The number of benzene rings is 1. The van der Waals surface area contributed by atoms with Gasteiger partial charge in [0.05, 0.1) is 6.61 Å². The summed E-state index contributed by atoms with van der Waals surface area (Å²) < 4.78 is 61.0. The van der Waals surface area contributed by atoms with E-state index in [-0.39, 0.29) is 11.5 Å². The number of anilines is 1. The molecule has 3 heterocycles. The monoisotopic (exact) mass is 435 g/mol. The number of rotatable bonds is 5. The van der Waals surface area contributed by atoms with Crippen LogP contribution in [0.3, 0.4) is 0 Å². The molecule has 1 N–H and O–H groups in total. The minimum atomic E-state index is -4.67. The van der Waals surface area contributed by atoms with E-state index in [1.807, 2.05) is 0 Å². The molecule has 1 amide bonds. The standard InChI is InChI=1S/C20H17F4N5O2/c1-29-11-25-28-17(29)16(21)19(8-9-31-19)12-4-2-5-13(10-12)26-18(30)14-6-3-7-15(27-14)20(22,23)24/h2-7,10-11,16H,8-9H2,1H3,(H,26,30)/t16-,19-/m0/s1. The molecule has 0 unspecified atom stereocenters. The normalized spacial score (nSPS) is 19.5. The van der Waals surface area contributed by atoms with Crippen LogP contribution in [-0.4, -0.2) is 32.3 Å². The first kappa shape index (κ1) is 20.9. The minimum absolute atomic E-state index is 0.0994. The molecular formula is C20H17F4N5O2. The smallest absolute Gasteiger partial charge is 0.367 e. The Balaban J connectivity index is 1.59. The van der Waals surface area contributed by atoms with Crippen LogP contribution in [-0.2, 0) is 23.6 Å². The molecule has 1 aliphatic heterocycles. The number of hydrogen-bond donors (Lipinski definition) is 1. The van der Waals surface area contributed by atoms with Gasteiger partial charge in [0.15, 0.2) is 12.0 Å². The van der Waals surface area contributed by atoms with Crippen LogP contribution in [0.4, 0.5) is 23.2 Å². The fourth-order valence-corrected chi connectivity index (χ4v) is 3.40. The van der Waals surface area contributed by atoms with Gasteiger partial charge in [-0.15, -0.1) is 10.2 Å². The molecular weight excluding hydrogens is 418 g/mol. The second-order valence-corrected chi connectivity index (χ2v) is 7.09. The highest BCUT2D eigenvalue weighted by Crippen LogP contribution is 2.49.